The molecule has 0 unspecified atom stereocenters. The maximum Gasteiger partial charge on any atom is 0.413 e. The number of rotatable bonds is 6. The maximum absolute atomic E-state index is 12.6. The number of hydrogen-bond acceptors (Lipinski definition) is 4. The zero-order valence-corrected chi connectivity index (χ0v) is 19.3. The number of anilines is 1. The number of ether oxygens (including phenoxy) is 1. The van der Waals surface area contributed by atoms with Crippen LogP contribution in [0.15, 0.2) is 79.0 Å². The number of hydrogen-bond donors (Lipinski definition) is 2. The first-order chi connectivity index (χ1) is 16.3. The second kappa shape index (κ2) is 9.80. The third-order valence-electron chi connectivity index (χ3n) is 5.45. The highest BCUT2D eigenvalue weighted by Crippen LogP contribution is 2.31. The first kappa shape index (κ1) is 23.1. The number of carboxylic acid groups (broad SMARTS) is 1. The summed E-state index contributed by atoms with van der Waals surface area (Å²) >= 11 is 6.20. The van der Waals surface area contributed by atoms with Gasteiger partial charge in [-0.05, 0) is 41.8 Å². The van der Waals surface area contributed by atoms with E-state index in [1.165, 1.54) is 0 Å². The van der Waals surface area contributed by atoms with E-state index < -0.39 is 18.2 Å². The molecule has 0 spiro atoms. The highest BCUT2D eigenvalue weighted by atomic mass is 35.5. The zero-order valence-electron chi connectivity index (χ0n) is 18.5. The van der Waals surface area contributed by atoms with Gasteiger partial charge in [0.1, 0.15) is 11.9 Å². The van der Waals surface area contributed by atoms with Gasteiger partial charge in [0.05, 0.1) is 11.8 Å². The second-order valence-electron chi connectivity index (χ2n) is 7.68. The molecule has 1 atom stereocenters. The lowest BCUT2D eigenvalue weighted by atomic mass is 10.0. The zero-order chi connectivity index (χ0) is 24.2. The van der Waals surface area contributed by atoms with Crippen LogP contribution < -0.4 is 5.32 Å². The van der Waals surface area contributed by atoms with Crippen LogP contribution in [-0.4, -0.2) is 26.9 Å². The summed E-state index contributed by atoms with van der Waals surface area (Å²) in [4.78, 5) is 23.7. The smallest absolute Gasteiger partial charge is 0.413 e. The number of aromatic carboxylic acids is 1. The number of aromatic nitrogens is 2. The maximum atomic E-state index is 12.6. The number of nitrogens with zero attached hydrogens (tertiary/aromatic N) is 2. The summed E-state index contributed by atoms with van der Waals surface area (Å²) in [6.07, 6.45) is 0.522. The molecule has 1 aromatic heterocycles. The molecule has 4 aromatic rings. The first-order valence-corrected chi connectivity index (χ1v) is 10.9. The predicted octanol–water partition coefficient (Wildman–Crippen LogP) is 6.42. The van der Waals surface area contributed by atoms with Crippen molar-refractivity contribution in [3.63, 3.8) is 0 Å². The average Bonchev–Trinajstić information content (AvgIpc) is 3.19. The largest absolute Gasteiger partial charge is 0.478 e. The molecule has 1 amide bonds. The Labute approximate surface area is 201 Å². The Morgan fingerprint density at radius 1 is 0.971 bits per heavy atom. The van der Waals surface area contributed by atoms with Gasteiger partial charge in [0, 0.05) is 23.2 Å². The molecule has 0 aliphatic carbocycles. The van der Waals surface area contributed by atoms with Crippen LogP contribution >= 0.6 is 11.6 Å². The normalized spacial score (nSPS) is 11.6. The third-order valence-corrected chi connectivity index (χ3v) is 5.79. The molecule has 34 heavy (non-hydrogen) atoms. The van der Waals surface area contributed by atoms with Crippen molar-refractivity contribution < 1.29 is 19.4 Å². The van der Waals surface area contributed by atoms with Crippen LogP contribution in [0.1, 0.15) is 28.9 Å². The van der Waals surface area contributed by atoms with Gasteiger partial charge in [-0.15, -0.1) is 0 Å². The summed E-state index contributed by atoms with van der Waals surface area (Å²) < 4.78 is 7.09. The first-order valence-electron chi connectivity index (χ1n) is 10.5. The lowest BCUT2D eigenvalue weighted by Gasteiger charge is -2.16. The van der Waals surface area contributed by atoms with Gasteiger partial charge < -0.3 is 9.84 Å². The van der Waals surface area contributed by atoms with Gasteiger partial charge in [-0.3, -0.25) is 10.00 Å². The Balaban J connectivity index is 1.50. The highest BCUT2D eigenvalue weighted by molar-refractivity contribution is 6.31. The van der Waals surface area contributed by atoms with Crippen molar-refractivity contribution in [3.05, 3.63) is 95.1 Å². The molecule has 3 aromatic carbocycles. The topological polar surface area (TPSA) is 93.4 Å². The summed E-state index contributed by atoms with van der Waals surface area (Å²) in [5, 5.41) is 16.6. The fraction of sp³-hybridized carbons (Fsp3) is 0.115. The molecule has 0 saturated carbocycles. The summed E-state index contributed by atoms with van der Waals surface area (Å²) in [6.45, 7) is 1.76. The summed E-state index contributed by atoms with van der Waals surface area (Å²) in [7, 11) is 1.73. The van der Waals surface area contributed by atoms with Crippen molar-refractivity contribution >= 4 is 29.5 Å². The molecule has 172 valence electrons. The molecule has 0 fully saturated rings. The van der Waals surface area contributed by atoms with Crippen LogP contribution in [0.2, 0.25) is 5.02 Å². The van der Waals surface area contributed by atoms with Gasteiger partial charge in [-0.25, -0.2) is 9.59 Å². The van der Waals surface area contributed by atoms with Crippen LogP contribution in [0.3, 0.4) is 0 Å². The van der Waals surface area contributed by atoms with Crippen molar-refractivity contribution in [1.82, 2.24) is 9.78 Å². The van der Waals surface area contributed by atoms with E-state index in [0.717, 1.165) is 27.8 Å². The lowest BCUT2D eigenvalue weighted by Crippen LogP contribution is -2.18. The summed E-state index contributed by atoms with van der Waals surface area (Å²) in [6, 6.07) is 21.6. The van der Waals surface area contributed by atoms with E-state index in [-0.39, 0.29) is 5.56 Å². The molecule has 0 radical (unpaired) electrons. The molecule has 0 aliphatic heterocycles. The standard InChI is InChI=1S/C26H22ClN3O4/c1-16(21-5-3-4-6-23(21)27)34-26(33)29-24-22(15-28-30(24)2)19-11-7-17(8-12-19)18-9-13-20(14-10-18)25(31)32/h3-16H,1-2H3,(H,29,33)(H,31,32)/t16-/m1/s1. The number of halogens is 1. The van der Waals surface area contributed by atoms with E-state index in [9.17, 15) is 9.59 Å². The number of aryl methyl sites for hydroxylation is 1. The molecule has 1 heterocycles. The quantitative estimate of drug-likeness (QED) is 0.336. The van der Waals surface area contributed by atoms with E-state index in [1.54, 1.807) is 55.2 Å². The fourth-order valence-electron chi connectivity index (χ4n) is 3.60. The van der Waals surface area contributed by atoms with Crippen LogP contribution in [0.5, 0.6) is 0 Å². The molecule has 0 aliphatic rings. The van der Waals surface area contributed by atoms with Crippen LogP contribution in [-0.2, 0) is 11.8 Å². The molecular formula is C26H22ClN3O4. The Hall–Kier alpha value is -4.10. The highest BCUT2D eigenvalue weighted by Gasteiger charge is 2.18. The molecule has 4 rings (SSSR count). The minimum Gasteiger partial charge on any atom is -0.478 e. The molecule has 8 heteroatoms. The lowest BCUT2D eigenvalue weighted by molar-refractivity contribution is 0.0696. The number of amides is 1. The molecule has 0 saturated heterocycles. The Morgan fingerprint density at radius 3 is 2.18 bits per heavy atom. The molecular weight excluding hydrogens is 454 g/mol. The molecule has 7 nitrogen and oxygen atoms in total. The van der Waals surface area contributed by atoms with Crippen LogP contribution in [0, 0.1) is 0 Å². The predicted molar refractivity (Wildman–Crippen MR) is 131 cm³/mol. The van der Waals surface area contributed by atoms with Crippen molar-refractivity contribution in [2.75, 3.05) is 5.32 Å². The van der Waals surface area contributed by atoms with Crippen molar-refractivity contribution in [3.8, 4) is 22.3 Å². The van der Waals surface area contributed by atoms with E-state index in [1.807, 2.05) is 42.5 Å². The average molecular weight is 476 g/mol. The number of benzene rings is 3. The van der Waals surface area contributed by atoms with Gasteiger partial charge >= 0.3 is 12.1 Å². The fourth-order valence-corrected chi connectivity index (χ4v) is 3.89. The molecule has 2 N–H and O–H groups in total. The van der Waals surface area contributed by atoms with Gasteiger partial charge in [0.25, 0.3) is 0 Å². The van der Waals surface area contributed by atoms with Crippen molar-refractivity contribution in [2.24, 2.45) is 7.05 Å². The Bertz CT molecular complexity index is 1330. The van der Waals surface area contributed by atoms with Crippen molar-refractivity contribution in [2.45, 2.75) is 13.0 Å². The van der Waals surface area contributed by atoms with Gasteiger partial charge in [-0.1, -0.05) is 66.2 Å². The number of carboxylic acids is 1. The minimum atomic E-state index is -0.960. The van der Waals surface area contributed by atoms with E-state index in [2.05, 4.69) is 10.4 Å². The third kappa shape index (κ3) is 4.94. The minimum absolute atomic E-state index is 0.238. The monoisotopic (exact) mass is 475 g/mol. The second-order valence-corrected chi connectivity index (χ2v) is 8.09. The Kier molecular flexibility index (Phi) is 6.65. The summed E-state index contributed by atoms with van der Waals surface area (Å²) in [5.41, 5.74) is 4.38. The van der Waals surface area contributed by atoms with Gasteiger partial charge in [0.2, 0.25) is 0 Å². The van der Waals surface area contributed by atoms with Crippen LogP contribution in [0.25, 0.3) is 22.3 Å². The van der Waals surface area contributed by atoms with Gasteiger partial charge in [0.15, 0.2) is 0 Å². The van der Waals surface area contributed by atoms with E-state index in [0.29, 0.717) is 10.8 Å². The Morgan fingerprint density at radius 2 is 1.56 bits per heavy atom. The number of carbonyl (C=O) groups is 2. The van der Waals surface area contributed by atoms with E-state index >= 15 is 0 Å². The van der Waals surface area contributed by atoms with E-state index in [4.69, 9.17) is 21.4 Å². The number of nitrogens with one attached hydrogen (secondary N) is 1. The SMILES string of the molecule is C[C@@H](OC(=O)Nc1c(-c2ccc(-c3ccc(C(=O)O)cc3)cc2)cnn1C)c1ccccc1Cl. The molecule has 0 bridgehead atoms. The summed E-state index contributed by atoms with van der Waals surface area (Å²) in [5.74, 6) is -0.465. The van der Waals surface area contributed by atoms with Crippen molar-refractivity contribution in [1.29, 1.82) is 0 Å². The van der Waals surface area contributed by atoms with Gasteiger partial charge in [-0.2, -0.15) is 5.10 Å². The number of carbonyl (C=O) groups excluding carboxylic acids is 1. The van der Waals surface area contributed by atoms with Crippen LogP contribution in [0.4, 0.5) is 10.6 Å².